The number of aliphatic hydroxyl groups excluding tert-OH is 1. The van der Waals surface area contributed by atoms with Crippen molar-refractivity contribution in [3.05, 3.63) is 0 Å². The third-order valence-corrected chi connectivity index (χ3v) is 10.6. The van der Waals surface area contributed by atoms with Crippen molar-refractivity contribution in [2.45, 2.75) is 111 Å². The summed E-state index contributed by atoms with van der Waals surface area (Å²) in [5.41, 5.74) is 0.609. The summed E-state index contributed by atoms with van der Waals surface area (Å²) in [6.45, 7) is 12.1. The maximum atomic E-state index is 13.4. The number of aliphatic hydroxyl groups is 1. The van der Waals surface area contributed by atoms with E-state index in [0.717, 1.165) is 25.2 Å². The molecule has 0 aromatic heterocycles. The van der Waals surface area contributed by atoms with Gasteiger partial charge in [-0.25, -0.2) is 0 Å². The lowest BCUT2D eigenvalue weighted by atomic mass is 9.44. The van der Waals surface area contributed by atoms with E-state index in [-0.39, 0.29) is 11.5 Å². The molecule has 0 bridgehead atoms. The van der Waals surface area contributed by atoms with Crippen molar-refractivity contribution in [1.29, 1.82) is 0 Å². The second-order valence-corrected chi connectivity index (χ2v) is 12.6. The molecule has 0 aliphatic heterocycles. The molecule has 4 rings (SSSR count). The molecular formula is C27H46O2. The van der Waals surface area contributed by atoms with Crippen molar-refractivity contribution in [2.24, 2.45) is 52.3 Å². The average molecular weight is 403 g/mol. The standard InChI is InChI=1S/C27H46O2/c1-17(2)7-6-8-18(3)23-16-24(29)25-21-10-9-19-15-20(28)11-13-26(19,4)22(21)12-14-27(23,25)5/h17-23,25,28H,6-16H2,1-5H3/t18-,19?,20+,21-,22+,23-,25-,26+,27-/m1/s1. The van der Waals surface area contributed by atoms with Gasteiger partial charge in [-0.2, -0.15) is 0 Å². The van der Waals surface area contributed by atoms with Crippen LogP contribution in [0.1, 0.15) is 105 Å². The van der Waals surface area contributed by atoms with Gasteiger partial charge in [-0.05, 0) is 91.3 Å². The first-order valence-corrected chi connectivity index (χ1v) is 12.9. The van der Waals surface area contributed by atoms with Gasteiger partial charge in [0.15, 0.2) is 0 Å². The van der Waals surface area contributed by atoms with Gasteiger partial charge in [0.1, 0.15) is 5.78 Å². The lowest BCUT2D eigenvalue weighted by Crippen LogP contribution is -2.55. The zero-order valence-electron chi connectivity index (χ0n) is 19.8. The summed E-state index contributed by atoms with van der Waals surface area (Å²) in [5.74, 6) is 5.02. The summed E-state index contributed by atoms with van der Waals surface area (Å²) in [7, 11) is 0. The van der Waals surface area contributed by atoms with Crippen LogP contribution in [0.25, 0.3) is 0 Å². The number of hydrogen-bond acceptors (Lipinski definition) is 2. The molecule has 0 aromatic carbocycles. The van der Waals surface area contributed by atoms with Crippen LogP contribution < -0.4 is 0 Å². The first kappa shape index (κ1) is 21.8. The van der Waals surface area contributed by atoms with Crippen molar-refractivity contribution < 1.29 is 9.90 Å². The molecule has 4 aliphatic rings. The van der Waals surface area contributed by atoms with E-state index >= 15 is 0 Å². The first-order chi connectivity index (χ1) is 13.7. The molecule has 9 atom stereocenters. The number of Topliss-reactive ketones (excluding diaryl/α,β-unsaturated/α-hetero) is 1. The fourth-order valence-corrected chi connectivity index (χ4v) is 8.97. The van der Waals surface area contributed by atoms with Crippen molar-refractivity contribution >= 4 is 5.78 Å². The molecule has 0 aromatic rings. The van der Waals surface area contributed by atoms with Gasteiger partial charge in [0.05, 0.1) is 6.10 Å². The Labute approximate surface area is 179 Å². The molecular weight excluding hydrogens is 356 g/mol. The van der Waals surface area contributed by atoms with Gasteiger partial charge >= 0.3 is 0 Å². The highest BCUT2D eigenvalue weighted by Gasteiger charge is 2.63. The first-order valence-electron chi connectivity index (χ1n) is 12.9. The number of hydrogen-bond donors (Lipinski definition) is 1. The number of ketones is 1. The van der Waals surface area contributed by atoms with E-state index in [9.17, 15) is 9.90 Å². The molecule has 4 saturated carbocycles. The molecule has 4 fully saturated rings. The molecule has 0 radical (unpaired) electrons. The Morgan fingerprint density at radius 2 is 1.72 bits per heavy atom. The van der Waals surface area contributed by atoms with Crippen LogP contribution in [0.5, 0.6) is 0 Å². The van der Waals surface area contributed by atoms with Crippen LogP contribution in [0.4, 0.5) is 0 Å². The Balaban J connectivity index is 1.51. The van der Waals surface area contributed by atoms with E-state index in [1.54, 1.807) is 0 Å². The van der Waals surface area contributed by atoms with Crippen molar-refractivity contribution in [3.63, 3.8) is 0 Å². The summed E-state index contributed by atoms with van der Waals surface area (Å²) < 4.78 is 0. The molecule has 0 heterocycles. The molecule has 0 amide bonds. The molecule has 166 valence electrons. The number of fused-ring (bicyclic) bond motifs is 5. The quantitative estimate of drug-likeness (QED) is 0.559. The van der Waals surface area contributed by atoms with Crippen LogP contribution in [0.15, 0.2) is 0 Å². The lowest BCUT2D eigenvalue weighted by Gasteiger charge is -2.60. The molecule has 1 unspecified atom stereocenters. The lowest BCUT2D eigenvalue weighted by molar-refractivity contribution is -0.146. The minimum atomic E-state index is -0.0809. The zero-order chi connectivity index (χ0) is 21.0. The third-order valence-electron chi connectivity index (χ3n) is 10.6. The van der Waals surface area contributed by atoms with E-state index in [1.165, 1.54) is 51.4 Å². The van der Waals surface area contributed by atoms with Gasteiger partial charge in [-0.15, -0.1) is 0 Å². The van der Waals surface area contributed by atoms with Crippen LogP contribution in [-0.2, 0) is 4.79 Å². The fourth-order valence-electron chi connectivity index (χ4n) is 8.97. The SMILES string of the molecule is CC(C)CCC[C@@H](C)[C@H]1CC(=O)[C@H]2[C@@H]3CCC4C[C@@H](O)CC[C@]4(C)[C@H]3CC[C@]12C. The summed E-state index contributed by atoms with van der Waals surface area (Å²) in [5, 5.41) is 10.2. The van der Waals surface area contributed by atoms with E-state index < -0.39 is 0 Å². The highest BCUT2D eigenvalue weighted by atomic mass is 16.3. The predicted molar refractivity (Wildman–Crippen MR) is 119 cm³/mol. The smallest absolute Gasteiger partial charge is 0.137 e. The van der Waals surface area contributed by atoms with Crippen molar-refractivity contribution in [2.75, 3.05) is 0 Å². The normalized spacial score (nSPS) is 48.2. The summed E-state index contributed by atoms with van der Waals surface area (Å²) in [4.78, 5) is 13.4. The fraction of sp³-hybridized carbons (Fsp3) is 0.963. The second kappa shape index (κ2) is 7.95. The molecule has 0 spiro atoms. The van der Waals surface area contributed by atoms with Crippen molar-refractivity contribution in [1.82, 2.24) is 0 Å². The zero-order valence-corrected chi connectivity index (χ0v) is 19.8. The van der Waals surface area contributed by atoms with E-state index in [2.05, 4.69) is 34.6 Å². The Morgan fingerprint density at radius 3 is 2.45 bits per heavy atom. The number of rotatable bonds is 5. The number of carbonyl (C=O) groups is 1. The molecule has 29 heavy (non-hydrogen) atoms. The van der Waals surface area contributed by atoms with Gasteiger partial charge in [0.25, 0.3) is 0 Å². The molecule has 2 nitrogen and oxygen atoms in total. The highest BCUT2D eigenvalue weighted by molar-refractivity contribution is 5.85. The van der Waals surface area contributed by atoms with Gasteiger partial charge in [-0.1, -0.05) is 53.9 Å². The van der Waals surface area contributed by atoms with Gasteiger partial charge in [-0.3, -0.25) is 4.79 Å². The van der Waals surface area contributed by atoms with Gasteiger partial charge in [0, 0.05) is 12.3 Å². The molecule has 0 saturated heterocycles. The maximum Gasteiger partial charge on any atom is 0.137 e. The summed E-state index contributed by atoms with van der Waals surface area (Å²) in [6.07, 6.45) is 12.9. The van der Waals surface area contributed by atoms with Crippen LogP contribution in [-0.4, -0.2) is 17.0 Å². The molecule has 1 N–H and O–H groups in total. The van der Waals surface area contributed by atoms with E-state index in [4.69, 9.17) is 0 Å². The van der Waals surface area contributed by atoms with Crippen molar-refractivity contribution in [3.8, 4) is 0 Å². The number of carbonyl (C=O) groups excluding carboxylic acids is 1. The van der Waals surface area contributed by atoms with E-state index in [1.807, 2.05) is 0 Å². The van der Waals surface area contributed by atoms with Crippen LogP contribution >= 0.6 is 0 Å². The van der Waals surface area contributed by atoms with E-state index in [0.29, 0.717) is 46.7 Å². The maximum absolute atomic E-state index is 13.4. The third kappa shape index (κ3) is 3.64. The van der Waals surface area contributed by atoms with Crippen LogP contribution in [0, 0.1) is 52.3 Å². The largest absolute Gasteiger partial charge is 0.393 e. The molecule has 2 heteroatoms. The highest BCUT2D eigenvalue weighted by Crippen LogP contribution is 2.67. The summed E-state index contributed by atoms with van der Waals surface area (Å²) in [6, 6.07) is 0. The molecule has 4 aliphatic carbocycles. The van der Waals surface area contributed by atoms with Gasteiger partial charge in [0.2, 0.25) is 0 Å². The Morgan fingerprint density at radius 1 is 1.00 bits per heavy atom. The Hall–Kier alpha value is -0.370. The Kier molecular flexibility index (Phi) is 5.99. The second-order valence-electron chi connectivity index (χ2n) is 12.6. The van der Waals surface area contributed by atoms with Crippen LogP contribution in [0.2, 0.25) is 0 Å². The predicted octanol–water partition coefficient (Wildman–Crippen LogP) is 6.65. The average Bonchev–Trinajstić information content (AvgIpc) is 2.93. The van der Waals surface area contributed by atoms with Gasteiger partial charge < -0.3 is 5.11 Å². The minimum Gasteiger partial charge on any atom is -0.393 e. The Bertz CT molecular complexity index is 612. The topological polar surface area (TPSA) is 37.3 Å². The summed E-state index contributed by atoms with van der Waals surface area (Å²) >= 11 is 0. The monoisotopic (exact) mass is 402 g/mol. The minimum absolute atomic E-state index is 0.0809. The van der Waals surface area contributed by atoms with Crippen LogP contribution in [0.3, 0.4) is 0 Å².